The number of aromatic nitrogens is 3. The van der Waals surface area contributed by atoms with Crippen molar-refractivity contribution >= 4 is 27.5 Å². The molecule has 2 aromatic rings. The summed E-state index contributed by atoms with van der Waals surface area (Å²) in [7, 11) is 0. The first-order valence-corrected chi connectivity index (χ1v) is 5.08. The first-order valence-electron chi connectivity index (χ1n) is 4.29. The lowest BCUT2D eigenvalue weighted by molar-refractivity contribution is 0.101. The second-order valence-corrected chi connectivity index (χ2v) is 3.74. The molecule has 1 aromatic carbocycles. The second kappa shape index (κ2) is 4.40. The Balaban J connectivity index is 2.25. The van der Waals surface area contributed by atoms with E-state index in [0.717, 1.165) is 0 Å². The van der Waals surface area contributed by atoms with Gasteiger partial charge in [0.25, 0.3) is 5.91 Å². The minimum Gasteiger partial charge on any atom is -0.316 e. The van der Waals surface area contributed by atoms with Crippen LogP contribution in [0.25, 0.3) is 0 Å². The van der Waals surface area contributed by atoms with Gasteiger partial charge in [0.05, 0.1) is 5.69 Å². The van der Waals surface area contributed by atoms with E-state index in [1.54, 1.807) is 6.07 Å². The molecule has 82 valence electrons. The van der Waals surface area contributed by atoms with Crippen molar-refractivity contribution < 1.29 is 9.18 Å². The summed E-state index contributed by atoms with van der Waals surface area (Å²) in [6, 6.07) is 4.41. The summed E-state index contributed by atoms with van der Waals surface area (Å²) in [6.45, 7) is 0. The Hall–Kier alpha value is -1.76. The molecule has 0 fully saturated rings. The molecule has 2 N–H and O–H groups in total. The maximum absolute atomic E-state index is 13.4. The van der Waals surface area contributed by atoms with Gasteiger partial charge in [0.2, 0.25) is 5.82 Å². The normalized spacial score (nSPS) is 10.1. The molecule has 1 aromatic heterocycles. The molecule has 0 saturated heterocycles. The number of carbonyl (C=O) groups excluding carboxylic acids is 1. The van der Waals surface area contributed by atoms with Crippen molar-refractivity contribution in [1.29, 1.82) is 0 Å². The van der Waals surface area contributed by atoms with Crippen LogP contribution in [0.4, 0.5) is 10.1 Å². The zero-order valence-corrected chi connectivity index (χ0v) is 9.45. The Kier molecular flexibility index (Phi) is 2.95. The average molecular weight is 285 g/mol. The minimum atomic E-state index is -0.553. The lowest BCUT2D eigenvalue weighted by Crippen LogP contribution is -2.15. The SMILES string of the molecule is O=C(Nc1c(F)cccc1Br)c1ncn[nH]1. The van der Waals surface area contributed by atoms with Crippen LogP contribution in [0.5, 0.6) is 0 Å². The molecular weight excluding hydrogens is 279 g/mol. The third-order valence-electron chi connectivity index (χ3n) is 1.83. The van der Waals surface area contributed by atoms with E-state index in [1.165, 1.54) is 18.5 Å². The summed E-state index contributed by atoms with van der Waals surface area (Å²) in [4.78, 5) is 15.2. The molecule has 2 rings (SSSR count). The van der Waals surface area contributed by atoms with Gasteiger partial charge in [-0.2, -0.15) is 5.10 Å². The first-order chi connectivity index (χ1) is 7.68. The number of benzene rings is 1. The quantitative estimate of drug-likeness (QED) is 0.886. The molecular formula is C9H6BrFN4O. The van der Waals surface area contributed by atoms with Crippen LogP contribution >= 0.6 is 15.9 Å². The highest BCUT2D eigenvalue weighted by molar-refractivity contribution is 9.10. The van der Waals surface area contributed by atoms with Gasteiger partial charge in [-0.3, -0.25) is 9.89 Å². The second-order valence-electron chi connectivity index (χ2n) is 2.88. The number of aromatic amines is 1. The predicted octanol–water partition coefficient (Wildman–Crippen LogP) is 1.96. The van der Waals surface area contributed by atoms with Crippen molar-refractivity contribution in [2.24, 2.45) is 0 Å². The van der Waals surface area contributed by atoms with Crippen molar-refractivity contribution in [3.05, 3.63) is 40.6 Å². The van der Waals surface area contributed by atoms with Gasteiger partial charge in [0.15, 0.2) is 0 Å². The van der Waals surface area contributed by atoms with E-state index in [1.807, 2.05) is 0 Å². The Bertz CT molecular complexity index is 494. The zero-order valence-electron chi connectivity index (χ0n) is 7.87. The topological polar surface area (TPSA) is 70.7 Å². The molecule has 0 unspecified atom stereocenters. The molecule has 0 radical (unpaired) electrons. The fourth-order valence-electron chi connectivity index (χ4n) is 1.10. The van der Waals surface area contributed by atoms with Crippen molar-refractivity contribution in [3.63, 3.8) is 0 Å². The van der Waals surface area contributed by atoms with Gasteiger partial charge >= 0.3 is 0 Å². The van der Waals surface area contributed by atoms with E-state index < -0.39 is 11.7 Å². The number of carbonyl (C=O) groups is 1. The number of halogens is 2. The molecule has 0 aliphatic heterocycles. The van der Waals surface area contributed by atoms with Crippen molar-refractivity contribution in [3.8, 4) is 0 Å². The van der Waals surface area contributed by atoms with E-state index in [4.69, 9.17) is 0 Å². The van der Waals surface area contributed by atoms with E-state index in [-0.39, 0.29) is 11.5 Å². The van der Waals surface area contributed by atoms with Gasteiger partial charge in [-0.05, 0) is 28.1 Å². The molecule has 0 saturated carbocycles. The highest BCUT2D eigenvalue weighted by atomic mass is 79.9. The summed E-state index contributed by atoms with van der Waals surface area (Å²) in [6.07, 6.45) is 1.20. The number of nitrogens with zero attached hydrogens (tertiary/aromatic N) is 2. The minimum absolute atomic E-state index is 0.0233. The van der Waals surface area contributed by atoms with Gasteiger partial charge in [-0.1, -0.05) is 6.07 Å². The number of rotatable bonds is 2. The van der Waals surface area contributed by atoms with Gasteiger partial charge < -0.3 is 5.32 Å². The lowest BCUT2D eigenvalue weighted by atomic mass is 10.3. The third kappa shape index (κ3) is 2.08. The summed E-state index contributed by atoms with van der Waals surface area (Å²) in [5.41, 5.74) is 0.0731. The summed E-state index contributed by atoms with van der Waals surface area (Å²) >= 11 is 3.14. The van der Waals surface area contributed by atoms with Crippen LogP contribution < -0.4 is 5.32 Å². The molecule has 0 aliphatic carbocycles. The number of hydrogen-bond donors (Lipinski definition) is 2. The van der Waals surface area contributed by atoms with Crippen molar-refractivity contribution in [1.82, 2.24) is 15.2 Å². The standard InChI is InChI=1S/C9H6BrFN4O/c10-5-2-1-3-6(11)7(5)14-9(16)8-12-4-13-15-8/h1-4H,(H,14,16)(H,12,13,15). The smallest absolute Gasteiger partial charge is 0.293 e. The number of hydrogen-bond acceptors (Lipinski definition) is 3. The Morgan fingerprint density at radius 3 is 2.94 bits per heavy atom. The number of H-pyrrole nitrogens is 1. The van der Waals surface area contributed by atoms with Crippen LogP contribution in [0.1, 0.15) is 10.6 Å². The Morgan fingerprint density at radius 1 is 1.50 bits per heavy atom. The van der Waals surface area contributed by atoms with Crippen LogP contribution in [0.15, 0.2) is 29.0 Å². The maximum Gasteiger partial charge on any atom is 0.293 e. The number of nitrogens with one attached hydrogen (secondary N) is 2. The molecule has 16 heavy (non-hydrogen) atoms. The molecule has 1 heterocycles. The van der Waals surface area contributed by atoms with Crippen LogP contribution in [0.3, 0.4) is 0 Å². The Labute approximate surface area is 98.2 Å². The van der Waals surface area contributed by atoms with Gasteiger partial charge in [-0.15, -0.1) is 0 Å². The monoisotopic (exact) mass is 284 g/mol. The molecule has 1 amide bonds. The fraction of sp³-hybridized carbons (Fsp3) is 0. The number of amides is 1. The van der Waals surface area contributed by atoms with Crippen molar-refractivity contribution in [2.45, 2.75) is 0 Å². The van der Waals surface area contributed by atoms with E-state index in [2.05, 4.69) is 36.4 Å². The summed E-state index contributed by atoms with van der Waals surface area (Å²) in [5, 5.41) is 8.30. The first kappa shape index (κ1) is 10.7. The third-order valence-corrected chi connectivity index (χ3v) is 2.49. The molecule has 7 heteroatoms. The number of anilines is 1. The van der Waals surface area contributed by atoms with Gasteiger partial charge in [0.1, 0.15) is 12.1 Å². The van der Waals surface area contributed by atoms with E-state index in [9.17, 15) is 9.18 Å². The van der Waals surface area contributed by atoms with Crippen LogP contribution in [0, 0.1) is 5.82 Å². The lowest BCUT2D eigenvalue weighted by Gasteiger charge is -2.06. The van der Waals surface area contributed by atoms with Crippen LogP contribution in [-0.4, -0.2) is 21.1 Å². The molecule has 0 spiro atoms. The largest absolute Gasteiger partial charge is 0.316 e. The predicted molar refractivity (Wildman–Crippen MR) is 58.4 cm³/mol. The molecule has 5 nitrogen and oxygen atoms in total. The maximum atomic E-state index is 13.4. The molecule has 0 atom stereocenters. The molecule has 0 bridgehead atoms. The van der Waals surface area contributed by atoms with Crippen molar-refractivity contribution in [2.75, 3.05) is 5.32 Å². The van der Waals surface area contributed by atoms with Gasteiger partial charge in [0, 0.05) is 4.47 Å². The average Bonchev–Trinajstić information content (AvgIpc) is 2.76. The van der Waals surface area contributed by atoms with E-state index in [0.29, 0.717) is 4.47 Å². The fourth-order valence-corrected chi connectivity index (χ4v) is 1.55. The summed E-state index contributed by atoms with van der Waals surface area (Å²) < 4.78 is 13.8. The molecule has 0 aliphatic rings. The Morgan fingerprint density at radius 2 is 2.31 bits per heavy atom. The number of para-hydroxylation sites is 1. The van der Waals surface area contributed by atoms with Gasteiger partial charge in [-0.25, -0.2) is 9.37 Å². The zero-order chi connectivity index (χ0) is 11.5. The highest BCUT2D eigenvalue weighted by Crippen LogP contribution is 2.25. The van der Waals surface area contributed by atoms with Crippen LogP contribution in [0.2, 0.25) is 0 Å². The van der Waals surface area contributed by atoms with E-state index >= 15 is 0 Å². The highest BCUT2D eigenvalue weighted by Gasteiger charge is 2.13. The van der Waals surface area contributed by atoms with Crippen LogP contribution in [-0.2, 0) is 0 Å². The summed E-state index contributed by atoms with van der Waals surface area (Å²) in [5.74, 6) is -1.05.